The third-order valence-electron chi connectivity index (χ3n) is 5.38. The number of rotatable bonds is 5. The standard InChI is InChI=1S/C19H28N2O3/c1-24-18-8-3-2-5-15(18)9-10-19(23)21-13-11-20(12-14-21)16-6-4-7-17(16)22/h2-3,5,8,16-17,22H,4,6-7,9-14H2,1H3/t16-,17-/m1/s1. The average Bonchev–Trinajstić information content (AvgIpc) is 3.06. The average molecular weight is 332 g/mol. The van der Waals surface area contributed by atoms with Gasteiger partial charge in [-0.2, -0.15) is 0 Å². The highest BCUT2D eigenvalue weighted by Crippen LogP contribution is 2.25. The first-order valence-electron chi connectivity index (χ1n) is 9.01. The van der Waals surface area contributed by atoms with Gasteiger partial charge in [0, 0.05) is 38.6 Å². The molecule has 1 aliphatic heterocycles. The number of aliphatic hydroxyl groups excluding tert-OH is 1. The van der Waals surface area contributed by atoms with Crippen molar-refractivity contribution in [3.05, 3.63) is 29.8 Å². The number of hydrogen-bond donors (Lipinski definition) is 1. The summed E-state index contributed by atoms with van der Waals surface area (Å²) in [7, 11) is 1.66. The van der Waals surface area contributed by atoms with Gasteiger partial charge in [-0.15, -0.1) is 0 Å². The molecule has 0 radical (unpaired) electrons. The van der Waals surface area contributed by atoms with E-state index in [-0.39, 0.29) is 12.0 Å². The minimum atomic E-state index is -0.183. The smallest absolute Gasteiger partial charge is 0.222 e. The molecule has 1 aromatic carbocycles. The number of hydrogen-bond acceptors (Lipinski definition) is 4. The predicted molar refractivity (Wildman–Crippen MR) is 93.1 cm³/mol. The van der Waals surface area contributed by atoms with Crippen LogP contribution in [0.15, 0.2) is 24.3 Å². The maximum atomic E-state index is 12.5. The van der Waals surface area contributed by atoms with Gasteiger partial charge in [0.25, 0.3) is 0 Å². The molecule has 5 nitrogen and oxygen atoms in total. The van der Waals surface area contributed by atoms with Crippen molar-refractivity contribution >= 4 is 5.91 Å². The minimum Gasteiger partial charge on any atom is -0.496 e. The van der Waals surface area contributed by atoms with Gasteiger partial charge in [0.2, 0.25) is 5.91 Å². The van der Waals surface area contributed by atoms with E-state index in [1.54, 1.807) is 7.11 Å². The molecule has 1 aliphatic carbocycles. The Balaban J connectivity index is 1.47. The zero-order valence-corrected chi connectivity index (χ0v) is 14.5. The Bertz CT molecular complexity index is 555. The fourth-order valence-corrected chi connectivity index (χ4v) is 3.96. The number of methoxy groups -OCH3 is 1. The van der Waals surface area contributed by atoms with Crippen molar-refractivity contribution in [1.82, 2.24) is 9.80 Å². The lowest BCUT2D eigenvalue weighted by atomic mass is 10.1. The number of benzene rings is 1. The van der Waals surface area contributed by atoms with Gasteiger partial charge in [-0.1, -0.05) is 18.2 Å². The molecular weight excluding hydrogens is 304 g/mol. The van der Waals surface area contributed by atoms with Crippen molar-refractivity contribution in [3.63, 3.8) is 0 Å². The Hall–Kier alpha value is -1.59. The summed E-state index contributed by atoms with van der Waals surface area (Å²) >= 11 is 0. The zero-order chi connectivity index (χ0) is 16.9. The van der Waals surface area contributed by atoms with Crippen LogP contribution in [0, 0.1) is 0 Å². The van der Waals surface area contributed by atoms with Gasteiger partial charge >= 0.3 is 0 Å². The van der Waals surface area contributed by atoms with Crippen molar-refractivity contribution < 1.29 is 14.6 Å². The number of carbonyl (C=O) groups excluding carboxylic acids is 1. The molecule has 3 rings (SSSR count). The highest BCUT2D eigenvalue weighted by molar-refractivity contribution is 5.76. The van der Waals surface area contributed by atoms with E-state index in [1.807, 2.05) is 29.2 Å². The van der Waals surface area contributed by atoms with Gasteiger partial charge in [-0.25, -0.2) is 0 Å². The molecule has 0 spiro atoms. The summed E-state index contributed by atoms with van der Waals surface area (Å²) in [6.07, 6.45) is 4.17. The third kappa shape index (κ3) is 3.90. The molecule has 132 valence electrons. The molecule has 1 saturated heterocycles. The molecule has 1 heterocycles. The number of carbonyl (C=O) groups is 1. The lowest BCUT2D eigenvalue weighted by Crippen LogP contribution is -2.53. The molecule has 1 N–H and O–H groups in total. The molecule has 1 saturated carbocycles. The summed E-state index contributed by atoms with van der Waals surface area (Å²) in [6, 6.07) is 8.18. The first kappa shape index (κ1) is 17.2. The number of aryl methyl sites for hydroxylation is 1. The van der Waals surface area contributed by atoms with E-state index in [0.29, 0.717) is 18.9 Å². The van der Waals surface area contributed by atoms with Crippen molar-refractivity contribution in [2.75, 3.05) is 33.3 Å². The monoisotopic (exact) mass is 332 g/mol. The van der Waals surface area contributed by atoms with Crippen LogP contribution in [0.1, 0.15) is 31.2 Å². The largest absolute Gasteiger partial charge is 0.496 e. The van der Waals surface area contributed by atoms with Crippen molar-refractivity contribution in [2.45, 2.75) is 44.2 Å². The normalized spacial score (nSPS) is 25.0. The summed E-state index contributed by atoms with van der Waals surface area (Å²) in [4.78, 5) is 16.8. The predicted octanol–water partition coefficient (Wildman–Crippen LogP) is 1.69. The fourth-order valence-electron chi connectivity index (χ4n) is 3.96. The lowest BCUT2D eigenvalue weighted by Gasteiger charge is -2.39. The van der Waals surface area contributed by atoms with Gasteiger partial charge in [0.05, 0.1) is 13.2 Å². The number of piperazine rings is 1. The summed E-state index contributed by atoms with van der Waals surface area (Å²) < 4.78 is 5.35. The van der Waals surface area contributed by atoms with Gasteiger partial charge < -0.3 is 14.7 Å². The molecule has 0 bridgehead atoms. The molecule has 2 aliphatic rings. The zero-order valence-electron chi connectivity index (χ0n) is 14.5. The summed E-state index contributed by atoms with van der Waals surface area (Å²) in [5.41, 5.74) is 1.08. The highest BCUT2D eigenvalue weighted by atomic mass is 16.5. The SMILES string of the molecule is COc1ccccc1CCC(=O)N1CCN([C@@H]2CCC[C@H]2O)CC1. The van der Waals surface area contributed by atoms with Crippen LogP contribution < -0.4 is 4.74 Å². The van der Waals surface area contributed by atoms with E-state index in [4.69, 9.17) is 4.74 Å². The maximum Gasteiger partial charge on any atom is 0.222 e. The maximum absolute atomic E-state index is 12.5. The van der Waals surface area contributed by atoms with Crippen LogP contribution in [0.25, 0.3) is 0 Å². The molecule has 0 unspecified atom stereocenters. The van der Waals surface area contributed by atoms with Gasteiger partial charge in [-0.05, 0) is 37.3 Å². The molecular formula is C19H28N2O3. The molecule has 1 aromatic rings. The van der Waals surface area contributed by atoms with Crippen LogP contribution in [0.5, 0.6) is 5.75 Å². The molecule has 5 heteroatoms. The minimum absolute atomic E-state index is 0.183. The lowest BCUT2D eigenvalue weighted by molar-refractivity contribution is -0.133. The molecule has 0 aromatic heterocycles. The summed E-state index contributed by atoms with van der Waals surface area (Å²) in [5, 5.41) is 10.0. The first-order valence-corrected chi connectivity index (χ1v) is 9.01. The molecule has 24 heavy (non-hydrogen) atoms. The van der Waals surface area contributed by atoms with Crippen LogP contribution in [0.4, 0.5) is 0 Å². The van der Waals surface area contributed by atoms with Crippen molar-refractivity contribution in [2.24, 2.45) is 0 Å². The van der Waals surface area contributed by atoms with E-state index < -0.39 is 0 Å². The molecule has 2 atom stereocenters. The second-order valence-corrected chi connectivity index (χ2v) is 6.79. The van der Waals surface area contributed by atoms with E-state index in [9.17, 15) is 9.90 Å². The van der Waals surface area contributed by atoms with Crippen LogP contribution >= 0.6 is 0 Å². The number of nitrogens with zero attached hydrogens (tertiary/aromatic N) is 2. The molecule has 2 fully saturated rings. The van der Waals surface area contributed by atoms with Crippen LogP contribution in [-0.4, -0.2) is 66.2 Å². The van der Waals surface area contributed by atoms with Crippen LogP contribution in [-0.2, 0) is 11.2 Å². The second kappa shape index (κ2) is 7.99. The number of para-hydroxylation sites is 1. The fraction of sp³-hybridized carbons (Fsp3) is 0.632. The Morgan fingerprint density at radius 2 is 1.96 bits per heavy atom. The topological polar surface area (TPSA) is 53.0 Å². The Morgan fingerprint density at radius 3 is 2.62 bits per heavy atom. The Labute approximate surface area is 144 Å². The Morgan fingerprint density at radius 1 is 1.21 bits per heavy atom. The third-order valence-corrected chi connectivity index (χ3v) is 5.38. The summed E-state index contributed by atoms with van der Waals surface area (Å²) in [5.74, 6) is 1.07. The van der Waals surface area contributed by atoms with Gasteiger partial charge in [-0.3, -0.25) is 9.69 Å². The van der Waals surface area contributed by atoms with Crippen molar-refractivity contribution in [3.8, 4) is 5.75 Å². The van der Waals surface area contributed by atoms with Crippen molar-refractivity contribution in [1.29, 1.82) is 0 Å². The Kier molecular flexibility index (Phi) is 5.74. The van der Waals surface area contributed by atoms with E-state index >= 15 is 0 Å². The number of ether oxygens (including phenoxy) is 1. The van der Waals surface area contributed by atoms with E-state index in [2.05, 4.69) is 4.90 Å². The van der Waals surface area contributed by atoms with E-state index in [1.165, 1.54) is 0 Å². The van der Waals surface area contributed by atoms with Gasteiger partial charge in [0.1, 0.15) is 5.75 Å². The van der Waals surface area contributed by atoms with E-state index in [0.717, 1.165) is 56.8 Å². The first-order chi connectivity index (χ1) is 11.7. The highest BCUT2D eigenvalue weighted by Gasteiger charge is 2.33. The summed E-state index contributed by atoms with van der Waals surface area (Å²) in [6.45, 7) is 3.30. The quantitative estimate of drug-likeness (QED) is 0.891. The van der Waals surface area contributed by atoms with Crippen LogP contribution in [0.2, 0.25) is 0 Å². The number of aliphatic hydroxyl groups is 1. The van der Waals surface area contributed by atoms with Gasteiger partial charge in [0.15, 0.2) is 0 Å². The molecule has 1 amide bonds. The number of amides is 1. The van der Waals surface area contributed by atoms with Crippen LogP contribution in [0.3, 0.4) is 0 Å². The second-order valence-electron chi connectivity index (χ2n) is 6.79.